The van der Waals surface area contributed by atoms with Crippen LogP contribution in [0.25, 0.3) is 15.2 Å². The predicted octanol–water partition coefficient (Wildman–Crippen LogP) is 4.10. The van der Waals surface area contributed by atoms with Crippen molar-refractivity contribution in [2.75, 3.05) is 5.43 Å². The number of benzene rings is 1. The van der Waals surface area contributed by atoms with Gasteiger partial charge >= 0.3 is 0 Å². The largest absolute Gasteiger partial charge is 0.288 e. The van der Waals surface area contributed by atoms with E-state index < -0.39 is 0 Å². The molecule has 0 unspecified atom stereocenters. The molecular weight excluding hydrogens is 326 g/mol. The molecule has 0 aliphatic carbocycles. The highest BCUT2D eigenvalue weighted by molar-refractivity contribution is 7.22. The molecule has 0 fully saturated rings. The summed E-state index contributed by atoms with van der Waals surface area (Å²) in [6, 6.07) is 7.97. The maximum Gasteiger partial charge on any atom is 0.204 e. The second kappa shape index (κ2) is 5.10. The topological polar surface area (TPSA) is 54.6 Å². The number of fused-ring (bicyclic) bond motifs is 2. The molecule has 1 N–H and O–H groups in total. The number of halogens is 1. The number of rotatable bonds is 3. The molecule has 3 aromatic heterocycles. The Morgan fingerprint density at radius 1 is 1.29 bits per heavy atom. The molecule has 0 saturated heterocycles. The van der Waals surface area contributed by atoms with Crippen LogP contribution in [0.5, 0.6) is 0 Å². The lowest BCUT2D eigenvalue weighted by Gasteiger charge is -1.93. The second-order valence-corrected chi connectivity index (χ2v) is 6.46. The highest BCUT2D eigenvalue weighted by atomic mass is 35.5. The normalized spacial score (nSPS) is 11.9. The van der Waals surface area contributed by atoms with E-state index in [1.54, 1.807) is 17.6 Å². The number of para-hydroxylation sites is 1. The Hall–Kier alpha value is -1.96. The zero-order valence-electron chi connectivity index (χ0n) is 10.5. The first-order valence-electron chi connectivity index (χ1n) is 6.07. The van der Waals surface area contributed by atoms with Gasteiger partial charge in [0.05, 0.1) is 16.4 Å². The molecule has 0 aliphatic heterocycles. The van der Waals surface area contributed by atoms with Crippen LogP contribution in [0.2, 0.25) is 5.15 Å². The van der Waals surface area contributed by atoms with Crippen molar-refractivity contribution in [2.45, 2.75) is 0 Å². The summed E-state index contributed by atoms with van der Waals surface area (Å²) in [4.78, 5) is 9.54. The number of hydrogen-bond acceptors (Lipinski definition) is 6. The molecule has 4 rings (SSSR count). The third-order valence-corrected chi connectivity index (χ3v) is 4.87. The van der Waals surface area contributed by atoms with Gasteiger partial charge in [-0.3, -0.25) is 9.83 Å². The average molecular weight is 334 g/mol. The summed E-state index contributed by atoms with van der Waals surface area (Å²) in [5.41, 5.74) is 4.65. The number of anilines is 1. The van der Waals surface area contributed by atoms with Crippen molar-refractivity contribution in [1.29, 1.82) is 0 Å². The highest BCUT2D eigenvalue weighted by Crippen LogP contribution is 2.25. The van der Waals surface area contributed by atoms with Crippen LogP contribution in [0.1, 0.15) is 5.69 Å². The van der Waals surface area contributed by atoms with Gasteiger partial charge in [-0.05, 0) is 12.1 Å². The van der Waals surface area contributed by atoms with Gasteiger partial charge in [0.25, 0.3) is 0 Å². The van der Waals surface area contributed by atoms with Gasteiger partial charge in [0.2, 0.25) is 5.13 Å². The third-order valence-electron chi connectivity index (χ3n) is 2.90. The monoisotopic (exact) mass is 333 g/mol. The fraction of sp³-hybridized carbons (Fsp3) is 0. The number of thiazole rings is 2. The molecule has 5 nitrogen and oxygen atoms in total. The standard InChI is InChI=1S/C13H8ClN5S2/c14-11-9(19-5-6-20-13(19)17-11)7-15-18-12-16-8-3-1-2-4-10(8)21-12/h1-7H,(H,16,18)/b15-7+. The Bertz CT molecular complexity index is 919. The van der Waals surface area contributed by atoms with Crippen LogP contribution in [0.4, 0.5) is 5.13 Å². The van der Waals surface area contributed by atoms with Gasteiger partial charge in [-0.25, -0.2) is 9.97 Å². The number of nitrogens with one attached hydrogen (secondary N) is 1. The Labute approximate surface area is 132 Å². The van der Waals surface area contributed by atoms with Crippen molar-refractivity contribution in [1.82, 2.24) is 14.4 Å². The average Bonchev–Trinajstić information content (AvgIpc) is 3.14. The van der Waals surface area contributed by atoms with Crippen LogP contribution in [0, 0.1) is 0 Å². The summed E-state index contributed by atoms with van der Waals surface area (Å²) >= 11 is 9.18. The maximum atomic E-state index is 6.10. The van der Waals surface area contributed by atoms with Gasteiger partial charge in [0.15, 0.2) is 10.1 Å². The van der Waals surface area contributed by atoms with Gasteiger partial charge < -0.3 is 0 Å². The molecule has 0 saturated carbocycles. The van der Waals surface area contributed by atoms with Crippen molar-refractivity contribution in [3.8, 4) is 0 Å². The van der Waals surface area contributed by atoms with E-state index in [9.17, 15) is 0 Å². The van der Waals surface area contributed by atoms with Gasteiger partial charge in [-0.2, -0.15) is 5.10 Å². The number of hydrazone groups is 1. The lowest BCUT2D eigenvalue weighted by atomic mass is 10.3. The number of imidazole rings is 1. The summed E-state index contributed by atoms with van der Waals surface area (Å²) in [5.74, 6) is 0. The highest BCUT2D eigenvalue weighted by Gasteiger charge is 2.09. The van der Waals surface area contributed by atoms with E-state index in [1.807, 2.05) is 40.2 Å². The molecule has 0 radical (unpaired) electrons. The first-order valence-corrected chi connectivity index (χ1v) is 8.14. The van der Waals surface area contributed by atoms with Crippen molar-refractivity contribution in [3.63, 3.8) is 0 Å². The van der Waals surface area contributed by atoms with E-state index in [4.69, 9.17) is 11.6 Å². The minimum Gasteiger partial charge on any atom is -0.288 e. The van der Waals surface area contributed by atoms with E-state index in [2.05, 4.69) is 20.5 Å². The molecule has 0 aliphatic rings. The summed E-state index contributed by atoms with van der Waals surface area (Å²) in [6.07, 6.45) is 3.57. The van der Waals surface area contributed by atoms with E-state index >= 15 is 0 Å². The summed E-state index contributed by atoms with van der Waals surface area (Å²) in [5, 5.41) is 7.34. The van der Waals surface area contributed by atoms with Crippen LogP contribution < -0.4 is 5.43 Å². The Morgan fingerprint density at radius 2 is 2.19 bits per heavy atom. The molecule has 0 atom stereocenters. The zero-order chi connectivity index (χ0) is 14.2. The van der Waals surface area contributed by atoms with Crippen molar-refractivity contribution < 1.29 is 0 Å². The molecule has 0 spiro atoms. The van der Waals surface area contributed by atoms with Crippen LogP contribution in [0.15, 0.2) is 40.9 Å². The van der Waals surface area contributed by atoms with Crippen molar-refractivity contribution >= 4 is 60.8 Å². The summed E-state index contributed by atoms with van der Waals surface area (Å²) < 4.78 is 3.02. The Kier molecular flexibility index (Phi) is 3.10. The molecule has 3 heterocycles. The molecule has 8 heteroatoms. The third kappa shape index (κ3) is 2.29. The SMILES string of the molecule is Clc1nc2sccn2c1/C=N/Nc1nc2ccccc2s1. The summed E-state index contributed by atoms with van der Waals surface area (Å²) in [7, 11) is 0. The molecule has 1 aromatic carbocycles. The van der Waals surface area contributed by atoms with Crippen LogP contribution in [0.3, 0.4) is 0 Å². The fourth-order valence-electron chi connectivity index (χ4n) is 1.96. The van der Waals surface area contributed by atoms with Crippen LogP contribution in [-0.2, 0) is 0 Å². The molecule has 0 bridgehead atoms. The molecule has 21 heavy (non-hydrogen) atoms. The van der Waals surface area contributed by atoms with E-state index in [0.717, 1.165) is 26.0 Å². The quantitative estimate of drug-likeness (QED) is 0.453. The lowest BCUT2D eigenvalue weighted by Crippen LogP contribution is -1.93. The Morgan fingerprint density at radius 3 is 3.10 bits per heavy atom. The van der Waals surface area contributed by atoms with E-state index in [0.29, 0.717) is 5.15 Å². The van der Waals surface area contributed by atoms with Gasteiger partial charge in [0, 0.05) is 11.6 Å². The van der Waals surface area contributed by atoms with Crippen molar-refractivity contribution in [3.05, 3.63) is 46.7 Å². The van der Waals surface area contributed by atoms with Gasteiger partial charge in [-0.15, -0.1) is 11.3 Å². The molecule has 0 amide bonds. The van der Waals surface area contributed by atoms with Crippen LogP contribution in [-0.4, -0.2) is 20.6 Å². The minimum absolute atomic E-state index is 0.441. The lowest BCUT2D eigenvalue weighted by molar-refractivity contribution is 1.21. The number of aromatic nitrogens is 3. The smallest absolute Gasteiger partial charge is 0.204 e. The zero-order valence-corrected chi connectivity index (χ0v) is 12.9. The van der Waals surface area contributed by atoms with Crippen LogP contribution >= 0.6 is 34.3 Å². The van der Waals surface area contributed by atoms with Gasteiger partial charge in [0.1, 0.15) is 5.69 Å². The van der Waals surface area contributed by atoms with Gasteiger partial charge in [-0.1, -0.05) is 35.1 Å². The molecule has 104 valence electrons. The minimum atomic E-state index is 0.441. The Balaban J connectivity index is 1.61. The first-order chi connectivity index (χ1) is 10.3. The molecule has 4 aromatic rings. The first kappa shape index (κ1) is 12.8. The van der Waals surface area contributed by atoms with E-state index in [1.165, 1.54) is 11.3 Å². The van der Waals surface area contributed by atoms with E-state index in [-0.39, 0.29) is 0 Å². The predicted molar refractivity (Wildman–Crippen MR) is 88.9 cm³/mol. The summed E-state index contributed by atoms with van der Waals surface area (Å²) in [6.45, 7) is 0. The second-order valence-electron chi connectivity index (χ2n) is 4.20. The number of nitrogens with zero attached hydrogens (tertiary/aromatic N) is 4. The molecular formula is C13H8ClN5S2. The van der Waals surface area contributed by atoms with Crippen molar-refractivity contribution in [2.24, 2.45) is 5.10 Å². The maximum absolute atomic E-state index is 6.10. The fourth-order valence-corrected chi connectivity index (χ4v) is 3.77. The number of hydrogen-bond donors (Lipinski definition) is 1.